The summed E-state index contributed by atoms with van der Waals surface area (Å²) in [4.78, 5) is 0. The second-order valence-electron chi connectivity index (χ2n) is 10.7. The Labute approximate surface area is 226 Å². The molecule has 8 heteroatoms. The van der Waals surface area contributed by atoms with E-state index in [0.717, 1.165) is 49.3 Å². The van der Waals surface area contributed by atoms with Crippen molar-refractivity contribution < 1.29 is 14.6 Å². The highest BCUT2D eigenvalue weighted by Crippen LogP contribution is 2.41. The number of fused-ring (bicyclic) bond motifs is 9. The molecule has 2 N–H and O–H groups in total. The minimum atomic E-state index is 0.174. The topological polar surface area (TPSA) is 63.5 Å². The Hall–Kier alpha value is -4.71. The Balaban J connectivity index is 1.53. The van der Waals surface area contributed by atoms with Crippen molar-refractivity contribution in [3.63, 3.8) is 0 Å². The largest absolute Gasteiger partial charge is 0.509 e. The van der Waals surface area contributed by atoms with Crippen LogP contribution in [0.3, 0.4) is 0 Å². The van der Waals surface area contributed by atoms with Crippen molar-refractivity contribution in [3.05, 3.63) is 72.8 Å². The van der Waals surface area contributed by atoms with Gasteiger partial charge in [0.05, 0.1) is 22.2 Å². The Kier molecular flexibility index (Phi) is 4.26. The number of aromatic hydroxyl groups is 2. The summed E-state index contributed by atoms with van der Waals surface area (Å²) in [6, 6.07) is 25.3. The second kappa shape index (κ2) is 7.45. The van der Waals surface area contributed by atoms with Gasteiger partial charge in [0, 0.05) is 57.0 Å². The molecule has 8 aromatic rings. The van der Waals surface area contributed by atoms with Crippen LogP contribution in [0.15, 0.2) is 77.2 Å². The Bertz CT molecular complexity index is 2330. The van der Waals surface area contributed by atoms with Crippen LogP contribution < -0.4 is 16.4 Å². The average molecular weight is 504 g/mol. The van der Waals surface area contributed by atoms with E-state index in [9.17, 15) is 10.2 Å². The first-order chi connectivity index (χ1) is 18.8. The van der Waals surface area contributed by atoms with E-state index in [2.05, 4.69) is 76.8 Å². The van der Waals surface area contributed by atoms with Gasteiger partial charge in [0.2, 0.25) is 0 Å². The monoisotopic (exact) mass is 504 g/mol. The Morgan fingerprint density at radius 2 is 1.10 bits per heavy atom. The lowest BCUT2D eigenvalue weighted by Crippen LogP contribution is -2.33. The highest BCUT2D eigenvalue weighted by atomic mass is 16.3. The van der Waals surface area contributed by atoms with Crippen LogP contribution in [-0.2, 0) is 7.05 Å². The van der Waals surface area contributed by atoms with Gasteiger partial charge in [-0.15, -0.1) is 0 Å². The summed E-state index contributed by atoms with van der Waals surface area (Å²) >= 11 is 0. The molecule has 0 amide bonds. The van der Waals surface area contributed by atoms with Gasteiger partial charge in [-0.2, -0.15) is 0 Å². The molecular formula is C31H23B3N2O3. The normalized spacial score (nSPS) is 12.2. The fraction of sp³-hybridized carbons (Fsp3) is 0.0323. The molecule has 0 unspecified atom stereocenters. The van der Waals surface area contributed by atoms with Crippen LogP contribution in [0.5, 0.6) is 11.5 Å². The van der Waals surface area contributed by atoms with Crippen molar-refractivity contribution in [2.45, 2.75) is 0 Å². The average Bonchev–Trinajstić information content (AvgIpc) is 3.56. The Morgan fingerprint density at radius 1 is 0.564 bits per heavy atom. The molecular weight excluding hydrogens is 481 g/mol. The number of para-hydroxylation sites is 2. The van der Waals surface area contributed by atoms with Gasteiger partial charge in [0.1, 0.15) is 46.2 Å². The van der Waals surface area contributed by atoms with Crippen LogP contribution in [0.1, 0.15) is 0 Å². The molecule has 0 saturated heterocycles. The maximum atomic E-state index is 11.3. The summed E-state index contributed by atoms with van der Waals surface area (Å²) in [5.41, 5.74) is 8.42. The molecule has 0 saturated carbocycles. The first-order valence-corrected chi connectivity index (χ1v) is 13.1. The molecule has 0 aliphatic heterocycles. The molecule has 0 spiro atoms. The zero-order valence-corrected chi connectivity index (χ0v) is 22.1. The smallest absolute Gasteiger partial charge is 0.147 e. The van der Waals surface area contributed by atoms with Crippen molar-refractivity contribution in [1.82, 2.24) is 9.13 Å². The zero-order chi connectivity index (χ0) is 26.7. The highest BCUT2D eigenvalue weighted by Gasteiger charge is 2.23. The molecule has 5 nitrogen and oxygen atoms in total. The number of rotatable bonds is 1. The predicted molar refractivity (Wildman–Crippen MR) is 170 cm³/mol. The van der Waals surface area contributed by atoms with Crippen LogP contribution in [0.4, 0.5) is 0 Å². The van der Waals surface area contributed by atoms with Crippen molar-refractivity contribution in [2.24, 2.45) is 7.05 Å². The van der Waals surface area contributed by atoms with Gasteiger partial charge in [-0.3, -0.25) is 0 Å². The lowest BCUT2D eigenvalue weighted by molar-refractivity contribution is 0.469. The van der Waals surface area contributed by atoms with Crippen molar-refractivity contribution in [2.75, 3.05) is 0 Å². The molecule has 8 rings (SSSR count). The number of phenols is 2. The fourth-order valence-electron chi connectivity index (χ4n) is 6.51. The van der Waals surface area contributed by atoms with Gasteiger partial charge in [-0.1, -0.05) is 41.9 Å². The first-order valence-electron chi connectivity index (χ1n) is 13.1. The zero-order valence-electron chi connectivity index (χ0n) is 22.1. The van der Waals surface area contributed by atoms with Crippen LogP contribution in [0.2, 0.25) is 0 Å². The van der Waals surface area contributed by atoms with E-state index in [1.807, 2.05) is 35.7 Å². The first kappa shape index (κ1) is 22.3. The van der Waals surface area contributed by atoms with Crippen LogP contribution in [-0.4, -0.2) is 42.9 Å². The predicted octanol–water partition coefficient (Wildman–Crippen LogP) is 2.51. The van der Waals surface area contributed by atoms with E-state index in [1.54, 1.807) is 0 Å². The van der Waals surface area contributed by atoms with Gasteiger partial charge >= 0.3 is 0 Å². The number of nitrogens with zero attached hydrogens (tertiary/aromatic N) is 2. The maximum absolute atomic E-state index is 11.3. The van der Waals surface area contributed by atoms with E-state index < -0.39 is 0 Å². The fourth-order valence-corrected chi connectivity index (χ4v) is 6.51. The molecule has 5 aromatic carbocycles. The summed E-state index contributed by atoms with van der Waals surface area (Å²) in [6.45, 7) is 0. The van der Waals surface area contributed by atoms with Gasteiger partial charge in [-0.25, -0.2) is 0 Å². The molecule has 184 valence electrons. The lowest BCUT2D eigenvalue weighted by atomic mass is 9.74. The van der Waals surface area contributed by atoms with Gasteiger partial charge in [0.15, 0.2) is 0 Å². The van der Waals surface area contributed by atoms with E-state index in [0.29, 0.717) is 22.1 Å². The van der Waals surface area contributed by atoms with Crippen LogP contribution >= 0.6 is 0 Å². The van der Waals surface area contributed by atoms with Crippen LogP contribution in [0, 0.1) is 0 Å². The Morgan fingerprint density at radius 3 is 1.79 bits per heavy atom. The van der Waals surface area contributed by atoms with Crippen LogP contribution in [0.25, 0.3) is 71.2 Å². The van der Waals surface area contributed by atoms with Gasteiger partial charge < -0.3 is 23.8 Å². The number of hydrogen-bond donors (Lipinski definition) is 2. The summed E-state index contributed by atoms with van der Waals surface area (Å²) in [5, 5.41) is 29.0. The summed E-state index contributed by atoms with van der Waals surface area (Å²) in [7, 11) is 7.62. The molecule has 0 radical (unpaired) electrons. The maximum Gasteiger partial charge on any atom is 0.147 e. The minimum absolute atomic E-state index is 0.174. The molecule has 3 aromatic heterocycles. The number of aromatic nitrogens is 2. The lowest BCUT2D eigenvalue weighted by Gasteiger charge is -2.19. The molecule has 39 heavy (non-hydrogen) atoms. The molecule has 0 aliphatic rings. The second-order valence-corrected chi connectivity index (χ2v) is 10.7. The number of benzene rings is 5. The molecule has 3 heterocycles. The van der Waals surface area contributed by atoms with E-state index in [4.69, 9.17) is 4.42 Å². The number of phenolic OH excluding ortho intramolecular Hbond substituents is 2. The van der Waals surface area contributed by atoms with E-state index >= 15 is 0 Å². The van der Waals surface area contributed by atoms with Gasteiger partial charge in [0.25, 0.3) is 0 Å². The third-order valence-electron chi connectivity index (χ3n) is 8.73. The third kappa shape index (κ3) is 2.73. The minimum Gasteiger partial charge on any atom is -0.509 e. The summed E-state index contributed by atoms with van der Waals surface area (Å²) in [6.07, 6.45) is 0. The SMILES string of the molecule is Bc1c(B)c(O)c(-n2c3ccccc3c3cc4c(cc32)oc2cc3c(cc24)c2ccccc2n3C)c(B)c1O. The summed E-state index contributed by atoms with van der Waals surface area (Å²) in [5.74, 6) is 0.378. The molecule has 0 atom stereocenters. The number of hydrogen-bond acceptors (Lipinski definition) is 3. The van der Waals surface area contributed by atoms with Gasteiger partial charge in [-0.05, 0) is 35.2 Å². The van der Waals surface area contributed by atoms with Crippen molar-refractivity contribution in [1.29, 1.82) is 0 Å². The quantitative estimate of drug-likeness (QED) is 0.267. The van der Waals surface area contributed by atoms with Crippen molar-refractivity contribution >= 4 is 105 Å². The number of furan rings is 1. The molecule has 0 aliphatic carbocycles. The van der Waals surface area contributed by atoms with E-state index in [1.165, 1.54) is 16.3 Å². The highest BCUT2D eigenvalue weighted by molar-refractivity contribution is 6.54. The van der Waals surface area contributed by atoms with E-state index in [-0.39, 0.29) is 11.5 Å². The van der Waals surface area contributed by atoms with Crippen molar-refractivity contribution in [3.8, 4) is 17.2 Å². The third-order valence-corrected chi connectivity index (χ3v) is 8.73. The molecule has 0 fully saturated rings. The number of aryl methyl sites for hydroxylation is 1. The summed E-state index contributed by atoms with van der Waals surface area (Å²) < 4.78 is 10.8. The standard InChI is InChI=1S/C31H23B3N2O3/c1-35-20-8-4-2-6-14(20)16-10-18-19-11-17-15-7-3-5-9-21(15)36(23(17)13-25(19)39-24(18)12-22(16)35)29-28(34)30(37)26(32)27(33)31(29)38/h2-13,37-38H,32-34H2,1H3. The molecule has 0 bridgehead atoms.